The quantitative estimate of drug-likeness (QED) is 0.769. The van der Waals surface area contributed by atoms with E-state index >= 15 is 0 Å². The first-order chi connectivity index (χ1) is 7.79. The number of aliphatic hydroxyl groups excluding tert-OH is 1. The monoisotopic (exact) mass is 245 g/mol. The molecule has 1 aliphatic rings. The molecule has 0 bridgehead atoms. The summed E-state index contributed by atoms with van der Waals surface area (Å²) in [6.07, 6.45) is 1.39. The predicted octanol–water partition coefficient (Wildman–Crippen LogP) is 1.44. The third-order valence-corrected chi connectivity index (χ3v) is 2.75. The van der Waals surface area contributed by atoms with Crippen LogP contribution in [0.1, 0.15) is 40.5 Å². The fourth-order valence-electron chi connectivity index (χ4n) is 1.69. The number of hydrogen-bond acceptors (Lipinski definition) is 4. The maximum absolute atomic E-state index is 11.6. The van der Waals surface area contributed by atoms with Crippen LogP contribution in [0.5, 0.6) is 0 Å². The number of aliphatic hydroxyl groups is 1. The summed E-state index contributed by atoms with van der Waals surface area (Å²) in [6.45, 7) is 7.68. The standard InChI is InChI=1S/C12H23NO4/c1-9(12(5-6-12)16-8-7-14)13-10(15)17-11(2,3)4/h9,14H,5-8H2,1-4H3,(H,13,15). The molecule has 2 N–H and O–H groups in total. The summed E-state index contributed by atoms with van der Waals surface area (Å²) in [7, 11) is 0. The van der Waals surface area contributed by atoms with Crippen LogP contribution in [0.25, 0.3) is 0 Å². The summed E-state index contributed by atoms with van der Waals surface area (Å²) in [4.78, 5) is 11.6. The van der Waals surface area contributed by atoms with Crippen LogP contribution in [0.15, 0.2) is 0 Å². The zero-order chi connectivity index (χ0) is 13.1. The Balaban J connectivity index is 2.38. The highest BCUT2D eigenvalue weighted by Gasteiger charge is 2.49. The molecule has 1 amide bonds. The minimum atomic E-state index is -0.494. The van der Waals surface area contributed by atoms with Crippen molar-refractivity contribution in [3.05, 3.63) is 0 Å². The van der Waals surface area contributed by atoms with Crippen LogP contribution >= 0.6 is 0 Å². The SMILES string of the molecule is CC(NC(=O)OC(C)(C)C)C1(OCCO)CC1. The second-order valence-corrected chi connectivity index (χ2v) is 5.50. The molecule has 1 fully saturated rings. The van der Waals surface area contributed by atoms with E-state index in [9.17, 15) is 4.79 Å². The van der Waals surface area contributed by atoms with Gasteiger partial charge in [-0.3, -0.25) is 0 Å². The summed E-state index contributed by atoms with van der Waals surface area (Å²) in [5, 5.41) is 11.5. The Morgan fingerprint density at radius 2 is 2.06 bits per heavy atom. The zero-order valence-corrected chi connectivity index (χ0v) is 11.1. The fraction of sp³-hybridized carbons (Fsp3) is 0.917. The van der Waals surface area contributed by atoms with Crippen molar-refractivity contribution in [2.45, 2.75) is 57.8 Å². The van der Waals surface area contributed by atoms with E-state index in [4.69, 9.17) is 14.6 Å². The van der Waals surface area contributed by atoms with Gasteiger partial charge in [0.25, 0.3) is 0 Å². The second-order valence-electron chi connectivity index (χ2n) is 5.50. The van der Waals surface area contributed by atoms with Crippen molar-refractivity contribution >= 4 is 6.09 Å². The molecule has 0 aromatic rings. The molecule has 1 atom stereocenters. The highest BCUT2D eigenvalue weighted by Crippen LogP contribution is 2.42. The topological polar surface area (TPSA) is 67.8 Å². The molecule has 0 radical (unpaired) electrons. The van der Waals surface area contributed by atoms with Crippen molar-refractivity contribution in [3.63, 3.8) is 0 Å². The number of nitrogens with one attached hydrogen (secondary N) is 1. The van der Waals surface area contributed by atoms with Crippen molar-refractivity contribution in [1.82, 2.24) is 5.32 Å². The predicted molar refractivity (Wildman–Crippen MR) is 63.8 cm³/mol. The molecule has 17 heavy (non-hydrogen) atoms. The van der Waals surface area contributed by atoms with Crippen LogP contribution in [-0.2, 0) is 9.47 Å². The van der Waals surface area contributed by atoms with Crippen LogP contribution in [0, 0.1) is 0 Å². The number of carbonyl (C=O) groups excluding carboxylic acids is 1. The van der Waals surface area contributed by atoms with Crippen molar-refractivity contribution in [2.24, 2.45) is 0 Å². The third kappa shape index (κ3) is 4.52. The lowest BCUT2D eigenvalue weighted by Gasteiger charge is -2.27. The van der Waals surface area contributed by atoms with Gasteiger partial charge in [-0.1, -0.05) is 0 Å². The van der Waals surface area contributed by atoms with Crippen molar-refractivity contribution in [2.75, 3.05) is 13.2 Å². The summed E-state index contributed by atoms with van der Waals surface area (Å²) in [5.41, 5.74) is -0.799. The van der Waals surface area contributed by atoms with Gasteiger partial charge in [0.1, 0.15) is 5.60 Å². The maximum Gasteiger partial charge on any atom is 0.407 e. The molecule has 5 heteroatoms. The Morgan fingerprint density at radius 3 is 2.47 bits per heavy atom. The number of rotatable bonds is 5. The van der Waals surface area contributed by atoms with E-state index in [1.54, 1.807) is 0 Å². The van der Waals surface area contributed by atoms with E-state index in [1.807, 2.05) is 27.7 Å². The van der Waals surface area contributed by atoms with Gasteiger partial charge in [0, 0.05) is 0 Å². The Bertz CT molecular complexity index is 268. The summed E-state index contributed by atoms with van der Waals surface area (Å²) >= 11 is 0. The molecule has 0 aromatic heterocycles. The van der Waals surface area contributed by atoms with Gasteiger partial charge in [0.05, 0.1) is 24.9 Å². The molecule has 1 unspecified atom stereocenters. The van der Waals surface area contributed by atoms with E-state index in [-0.39, 0.29) is 18.2 Å². The minimum Gasteiger partial charge on any atom is -0.444 e. The summed E-state index contributed by atoms with van der Waals surface area (Å²) < 4.78 is 10.7. The van der Waals surface area contributed by atoms with Crippen LogP contribution < -0.4 is 5.32 Å². The number of hydrogen-bond donors (Lipinski definition) is 2. The molecule has 0 aliphatic heterocycles. The lowest BCUT2D eigenvalue weighted by molar-refractivity contribution is -0.0128. The van der Waals surface area contributed by atoms with Crippen molar-refractivity contribution in [1.29, 1.82) is 0 Å². The minimum absolute atomic E-state index is 0.000900. The van der Waals surface area contributed by atoms with Crippen LogP contribution in [-0.4, -0.2) is 41.7 Å². The molecule has 1 aliphatic carbocycles. The van der Waals surface area contributed by atoms with Crippen LogP contribution in [0.2, 0.25) is 0 Å². The smallest absolute Gasteiger partial charge is 0.407 e. The van der Waals surface area contributed by atoms with Gasteiger partial charge in [-0.15, -0.1) is 0 Å². The molecule has 1 rings (SSSR count). The first-order valence-corrected chi connectivity index (χ1v) is 6.03. The second kappa shape index (κ2) is 5.23. The van der Waals surface area contributed by atoms with Gasteiger partial charge in [-0.05, 0) is 40.5 Å². The van der Waals surface area contributed by atoms with E-state index in [1.165, 1.54) is 0 Å². The summed E-state index contributed by atoms with van der Waals surface area (Å²) in [5.74, 6) is 0. The first-order valence-electron chi connectivity index (χ1n) is 6.03. The van der Waals surface area contributed by atoms with Gasteiger partial charge in [0.2, 0.25) is 0 Å². The third-order valence-electron chi connectivity index (χ3n) is 2.75. The number of alkyl carbamates (subject to hydrolysis) is 1. The molecule has 0 heterocycles. The van der Waals surface area contributed by atoms with Crippen LogP contribution in [0.4, 0.5) is 4.79 Å². The molecule has 100 valence electrons. The Morgan fingerprint density at radius 1 is 1.47 bits per heavy atom. The van der Waals surface area contributed by atoms with E-state index in [0.717, 1.165) is 12.8 Å². The lowest BCUT2D eigenvalue weighted by Crippen LogP contribution is -2.46. The highest BCUT2D eigenvalue weighted by atomic mass is 16.6. The summed E-state index contributed by atoms with van der Waals surface area (Å²) in [6, 6.07) is -0.108. The van der Waals surface area contributed by atoms with Gasteiger partial charge < -0.3 is 19.9 Å². The van der Waals surface area contributed by atoms with Gasteiger partial charge in [-0.2, -0.15) is 0 Å². The molecule has 1 saturated carbocycles. The van der Waals surface area contributed by atoms with E-state index in [2.05, 4.69) is 5.32 Å². The van der Waals surface area contributed by atoms with E-state index in [0.29, 0.717) is 6.61 Å². The van der Waals surface area contributed by atoms with Gasteiger partial charge in [0.15, 0.2) is 0 Å². The average Bonchev–Trinajstić information content (AvgIpc) is 2.92. The van der Waals surface area contributed by atoms with Gasteiger partial charge >= 0.3 is 6.09 Å². The zero-order valence-electron chi connectivity index (χ0n) is 11.1. The van der Waals surface area contributed by atoms with Gasteiger partial charge in [-0.25, -0.2) is 4.79 Å². The normalized spacial score (nSPS) is 19.6. The highest BCUT2D eigenvalue weighted by molar-refractivity contribution is 5.68. The van der Waals surface area contributed by atoms with Crippen molar-refractivity contribution in [3.8, 4) is 0 Å². The van der Waals surface area contributed by atoms with Crippen LogP contribution in [0.3, 0.4) is 0 Å². The Hall–Kier alpha value is -0.810. The van der Waals surface area contributed by atoms with Crippen molar-refractivity contribution < 1.29 is 19.4 Å². The number of carbonyl (C=O) groups is 1. The largest absolute Gasteiger partial charge is 0.444 e. The Kier molecular flexibility index (Phi) is 4.38. The van der Waals surface area contributed by atoms with E-state index < -0.39 is 11.7 Å². The fourth-order valence-corrected chi connectivity index (χ4v) is 1.69. The lowest BCUT2D eigenvalue weighted by atomic mass is 10.1. The Labute approximate surface area is 102 Å². The first kappa shape index (κ1) is 14.3. The molecule has 5 nitrogen and oxygen atoms in total. The number of amides is 1. The maximum atomic E-state index is 11.6. The average molecular weight is 245 g/mol. The molecular weight excluding hydrogens is 222 g/mol. The number of ether oxygens (including phenoxy) is 2. The molecular formula is C12H23NO4. The molecule has 0 aromatic carbocycles. The molecule has 0 saturated heterocycles. The molecule has 0 spiro atoms.